The van der Waals surface area contributed by atoms with Gasteiger partial charge in [0, 0.05) is 17.5 Å². The van der Waals surface area contributed by atoms with Crippen molar-refractivity contribution < 1.29 is 14.8 Å². The highest BCUT2D eigenvalue weighted by Gasteiger charge is 2.09. The Morgan fingerprint density at radius 1 is 1.12 bits per heavy atom. The largest absolute Gasteiger partial charge is 0.488 e. The lowest BCUT2D eigenvalue weighted by Gasteiger charge is -2.08. The average molecular weight is 321 g/mol. The van der Waals surface area contributed by atoms with Gasteiger partial charge in [-0.25, -0.2) is 0 Å². The first-order valence-electron chi connectivity index (χ1n) is 7.41. The van der Waals surface area contributed by atoms with Gasteiger partial charge in [-0.3, -0.25) is 9.78 Å². The molecule has 1 aromatic heterocycles. The summed E-state index contributed by atoms with van der Waals surface area (Å²) in [5, 5.41) is 22.3. The van der Waals surface area contributed by atoms with Crippen molar-refractivity contribution >= 4 is 35.1 Å². The summed E-state index contributed by atoms with van der Waals surface area (Å²) in [4.78, 5) is 15.5. The highest BCUT2D eigenvalue weighted by Crippen LogP contribution is 2.18. The summed E-state index contributed by atoms with van der Waals surface area (Å²) in [6.45, 7) is 0.578. The maximum atomic E-state index is 11.2. The van der Waals surface area contributed by atoms with E-state index in [0.717, 1.165) is 16.6 Å². The predicted molar refractivity (Wildman–Crippen MR) is 93.9 cm³/mol. The summed E-state index contributed by atoms with van der Waals surface area (Å²) in [6, 6.07) is 14.1. The highest BCUT2D eigenvalue weighted by molar-refractivity contribution is 6.58. The van der Waals surface area contributed by atoms with Crippen LogP contribution in [-0.4, -0.2) is 28.1 Å². The monoisotopic (exact) mass is 321 g/mol. The van der Waals surface area contributed by atoms with Crippen LogP contribution in [-0.2, 0) is 6.54 Å². The van der Waals surface area contributed by atoms with E-state index in [9.17, 15) is 4.79 Å². The van der Waals surface area contributed by atoms with E-state index in [4.69, 9.17) is 15.8 Å². The Balaban J connectivity index is 1.73. The molecule has 0 fully saturated rings. The number of carbonyl (C=O) groups excluding carboxylic acids is 1. The Labute approximate surface area is 139 Å². The lowest BCUT2D eigenvalue weighted by Crippen LogP contribution is -2.29. The molecular weight excluding hydrogens is 305 g/mol. The first-order valence-corrected chi connectivity index (χ1v) is 7.41. The van der Waals surface area contributed by atoms with Crippen molar-refractivity contribution in [3.05, 3.63) is 65.9 Å². The van der Waals surface area contributed by atoms with E-state index in [0.29, 0.717) is 23.1 Å². The summed E-state index contributed by atoms with van der Waals surface area (Å²) in [5.41, 5.74) is 8.71. The van der Waals surface area contributed by atoms with Crippen molar-refractivity contribution in [3.8, 4) is 0 Å². The quantitative estimate of drug-likeness (QED) is 0.515. The molecule has 7 heteroatoms. The Bertz CT molecular complexity index is 882. The van der Waals surface area contributed by atoms with Crippen LogP contribution in [0.3, 0.4) is 0 Å². The number of nitrogens with one attached hydrogen (secondary N) is 1. The molecule has 0 aliphatic carbocycles. The second kappa shape index (κ2) is 6.70. The van der Waals surface area contributed by atoms with Crippen molar-refractivity contribution in [1.82, 2.24) is 4.98 Å². The van der Waals surface area contributed by atoms with Crippen molar-refractivity contribution in [2.75, 3.05) is 5.32 Å². The van der Waals surface area contributed by atoms with Crippen molar-refractivity contribution in [2.45, 2.75) is 6.54 Å². The third-order valence-corrected chi connectivity index (χ3v) is 3.74. The van der Waals surface area contributed by atoms with Crippen molar-refractivity contribution in [3.63, 3.8) is 0 Å². The zero-order valence-electron chi connectivity index (χ0n) is 12.8. The second-order valence-electron chi connectivity index (χ2n) is 5.46. The van der Waals surface area contributed by atoms with Crippen LogP contribution in [0.4, 0.5) is 5.69 Å². The molecule has 0 bridgehead atoms. The number of fused-ring (bicyclic) bond motifs is 1. The molecule has 0 saturated carbocycles. The van der Waals surface area contributed by atoms with E-state index in [1.54, 1.807) is 30.5 Å². The summed E-state index contributed by atoms with van der Waals surface area (Å²) < 4.78 is 0. The molecule has 6 nitrogen and oxygen atoms in total. The van der Waals surface area contributed by atoms with E-state index in [1.165, 1.54) is 0 Å². The smallest absolute Gasteiger partial charge is 0.423 e. The Morgan fingerprint density at radius 3 is 2.54 bits per heavy atom. The molecule has 0 aliphatic heterocycles. The molecule has 0 spiro atoms. The summed E-state index contributed by atoms with van der Waals surface area (Å²) in [7, 11) is -1.46. The predicted octanol–water partition coefficient (Wildman–Crippen LogP) is 0.626. The zero-order chi connectivity index (χ0) is 17.1. The average Bonchev–Trinajstić information content (AvgIpc) is 2.59. The highest BCUT2D eigenvalue weighted by atomic mass is 16.4. The second-order valence-corrected chi connectivity index (χ2v) is 5.46. The molecule has 3 aromatic rings. The molecule has 2 aromatic carbocycles. The lowest BCUT2D eigenvalue weighted by atomic mass is 9.80. The van der Waals surface area contributed by atoms with Crippen LogP contribution in [0.1, 0.15) is 15.9 Å². The number of primary amides is 1. The zero-order valence-corrected chi connectivity index (χ0v) is 12.8. The molecular formula is C17H16BN3O3. The van der Waals surface area contributed by atoms with Gasteiger partial charge in [0.05, 0.1) is 17.4 Å². The van der Waals surface area contributed by atoms with Crippen LogP contribution in [0.15, 0.2) is 54.7 Å². The molecule has 0 atom stereocenters. The number of carbonyl (C=O) groups is 1. The minimum Gasteiger partial charge on any atom is -0.423 e. The first-order chi connectivity index (χ1) is 11.5. The standard InChI is InChI=1S/C17H16BN3O3/c19-17(22)13-4-3-12-7-15(10-21-16(12)8-13)20-9-11-1-5-14(6-2-11)18(23)24/h1-8,10,20,23-24H,9H2,(H2,19,22). The Hall–Kier alpha value is -2.90. The normalized spacial score (nSPS) is 10.6. The molecule has 120 valence electrons. The number of rotatable bonds is 5. The van der Waals surface area contributed by atoms with E-state index in [1.807, 2.05) is 24.3 Å². The van der Waals surface area contributed by atoms with Crippen LogP contribution < -0.4 is 16.5 Å². The topological polar surface area (TPSA) is 108 Å². The minimum absolute atomic E-state index is 0.432. The maximum Gasteiger partial charge on any atom is 0.488 e. The molecule has 0 unspecified atom stereocenters. The lowest BCUT2D eigenvalue weighted by molar-refractivity contribution is 0.100. The maximum absolute atomic E-state index is 11.2. The summed E-state index contributed by atoms with van der Waals surface area (Å²) in [6.07, 6.45) is 1.69. The number of hydrogen-bond acceptors (Lipinski definition) is 5. The molecule has 0 aliphatic rings. The SMILES string of the molecule is NC(=O)c1ccc2cc(NCc3ccc(B(O)O)cc3)cnc2c1. The van der Waals surface area contributed by atoms with Gasteiger partial charge in [-0.05, 0) is 29.2 Å². The fourth-order valence-corrected chi connectivity index (χ4v) is 2.38. The number of pyridine rings is 1. The van der Waals surface area contributed by atoms with E-state index in [-0.39, 0.29) is 0 Å². The van der Waals surface area contributed by atoms with Crippen LogP contribution in [0.25, 0.3) is 10.9 Å². The minimum atomic E-state index is -1.46. The van der Waals surface area contributed by atoms with Gasteiger partial charge < -0.3 is 21.1 Å². The number of nitrogens with zero attached hydrogens (tertiary/aromatic N) is 1. The number of benzene rings is 2. The van der Waals surface area contributed by atoms with Crippen LogP contribution in [0, 0.1) is 0 Å². The molecule has 0 saturated heterocycles. The van der Waals surface area contributed by atoms with Gasteiger partial charge in [0.2, 0.25) is 5.91 Å². The van der Waals surface area contributed by atoms with Crippen molar-refractivity contribution in [1.29, 1.82) is 0 Å². The van der Waals surface area contributed by atoms with E-state index < -0.39 is 13.0 Å². The molecule has 3 rings (SSSR count). The number of aromatic nitrogens is 1. The van der Waals surface area contributed by atoms with Gasteiger partial charge in [-0.1, -0.05) is 30.3 Å². The van der Waals surface area contributed by atoms with Gasteiger partial charge in [-0.15, -0.1) is 0 Å². The van der Waals surface area contributed by atoms with E-state index >= 15 is 0 Å². The molecule has 5 N–H and O–H groups in total. The Morgan fingerprint density at radius 2 is 1.88 bits per heavy atom. The fraction of sp³-hybridized carbons (Fsp3) is 0.0588. The molecule has 1 heterocycles. The fourth-order valence-electron chi connectivity index (χ4n) is 2.38. The Kier molecular flexibility index (Phi) is 4.46. The number of amides is 1. The van der Waals surface area contributed by atoms with Gasteiger partial charge in [0.1, 0.15) is 0 Å². The van der Waals surface area contributed by atoms with Crippen LogP contribution in [0.5, 0.6) is 0 Å². The summed E-state index contributed by atoms with van der Waals surface area (Å²) >= 11 is 0. The van der Waals surface area contributed by atoms with Gasteiger partial charge >= 0.3 is 7.12 Å². The van der Waals surface area contributed by atoms with Gasteiger partial charge in [0.25, 0.3) is 0 Å². The van der Waals surface area contributed by atoms with Crippen LogP contribution >= 0.6 is 0 Å². The van der Waals surface area contributed by atoms with Gasteiger partial charge in [-0.2, -0.15) is 0 Å². The molecule has 24 heavy (non-hydrogen) atoms. The molecule has 0 radical (unpaired) electrons. The number of nitrogens with two attached hydrogens (primary N) is 1. The van der Waals surface area contributed by atoms with Gasteiger partial charge in [0.15, 0.2) is 0 Å². The number of hydrogen-bond donors (Lipinski definition) is 4. The van der Waals surface area contributed by atoms with Crippen LogP contribution in [0.2, 0.25) is 0 Å². The third kappa shape index (κ3) is 3.53. The molecule has 1 amide bonds. The third-order valence-electron chi connectivity index (χ3n) is 3.74. The first kappa shape index (κ1) is 16.0. The number of anilines is 1. The summed E-state index contributed by atoms with van der Waals surface area (Å²) in [5.74, 6) is -0.475. The van der Waals surface area contributed by atoms with Crippen molar-refractivity contribution in [2.24, 2.45) is 5.73 Å². The van der Waals surface area contributed by atoms with E-state index in [2.05, 4.69) is 10.3 Å².